The number of hydrogen-bond acceptors (Lipinski definition) is 3. The Labute approximate surface area is 326 Å². The third kappa shape index (κ3) is 6.42. The van der Waals surface area contributed by atoms with E-state index in [1.54, 1.807) is 0 Å². The Morgan fingerprint density at radius 2 is 0.482 bits per heavy atom. The zero-order chi connectivity index (χ0) is 37.3. The van der Waals surface area contributed by atoms with Gasteiger partial charge in [0.05, 0.1) is 0 Å². The average Bonchev–Trinajstić information content (AvgIpc) is 3.29. The van der Waals surface area contributed by atoms with Gasteiger partial charge in [0.25, 0.3) is 0 Å². The van der Waals surface area contributed by atoms with Crippen LogP contribution in [0.5, 0.6) is 0 Å². The van der Waals surface area contributed by atoms with Gasteiger partial charge in [-0.3, -0.25) is 0 Å². The summed E-state index contributed by atoms with van der Waals surface area (Å²) in [6, 6.07) is 74.8. The predicted octanol–water partition coefficient (Wildman–Crippen LogP) is 13.8. The van der Waals surface area contributed by atoms with Crippen molar-refractivity contribution in [2.45, 2.75) is 0 Å². The molecule has 1 aromatic heterocycles. The van der Waals surface area contributed by atoms with Crippen molar-refractivity contribution in [3.05, 3.63) is 212 Å². The normalized spacial score (nSPS) is 11.2. The number of nitrogens with zero attached hydrogens (tertiary/aromatic N) is 3. The molecule has 0 bridgehead atoms. The quantitative estimate of drug-likeness (QED) is 0.165. The SMILES string of the molecule is c1ccc(-c2nc(-c3ccc(-c4ccc(-c5cccc6ccccc56)cc4)cc3)nc(-c3ccc(-c4ccc(-c5cccc6ccccc56)cc4)cc3)n2)cc1. The van der Waals surface area contributed by atoms with Gasteiger partial charge < -0.3 is 0 Å². The minimum absolute atomic E-state index is 0.639. The molecule has 0 radical (unpaired) electrons. The van der Waals surface area contributed by atoms with E-state index in [2.05, 4.69) is 182 Å². The molecule has 0 spiro atoms. The summed E-state index contributed by atoms with van der Waals surface area (Å²) >= 11 is 0. The van der Waals surface area contributed by atoms with Gasteiger partial charge in [0.1, 0.15) is 0 Å². The Morgan fingerprint density at radius 1 is 0.196 bits per heavy atom. The Kier molecular flexibility index (Phi) is 8.51. The van der Waals surface area contributed by atoms with Gasteiger partial charge in [-0.1, -0.05) is 212 Å². The lowest BCUT2D eigenvalue weighted by molar-refractivity contribution is 1.07. The van der Waals surface area contributed by atoms with E-state index in [1.807, 2.05) is 30.3 Å². The van der Waals surface area contributed by atoms with Crippen LogP contribution >= 0.6 is 0 Å². The topological polar surface area (TPSA) is 38.7 Å². The lowest BCUT2D eigenvalue weighted by atomic mass is 9.96. The van der Waals surface area contributed by atoms with E-state index in [4.69, 9.17) is 15.0 Å². The number of benzene rings is 9. The second kappa shape index (κ2) is 14.4. The van der Waals surface area contributed by atoms with Gasteiger partial charge >= 0.3 is 0 Å². The predicted molar refractivity (Wildman–Crippen MR) is 233 cm³/mol. The van der Waals surface area contributed by atoms with Crippen molar-refractivity contribution in [2.75, 3.05) is 0 Å². The Bertz CT molecular complexity index is 2780. The van der Waals surface area contributed by atoms with Crippen LogP contribution in [0.25, 0.3) is 100 Å². The van der Waals surface area contributed by atoms with E-state index in [9.17, 15) is 0 Å². The van der Waals surface area contributed by atoms with Gasteiger partial charge in [-0.05, 0) is 66.1 Å². The van der Waals surface area contributed by atoms with Crippen LogP contribution in [0.1, 0.15) is 0 Å². The van der Waals surface area contributed by atoms with Crippen LogP contribution in [-0.4, -0.2) is 15.0 Å². The molecule has 0 atom stereocenters. The third-order valence-corrected chi connectivity index (χ3v) is 10.6. The molecule has 0 aliphatic heterocycles. The molecule has 10 aromatic rings. The van der Waals surface area contributed by atoms with E-state index in [1.165, 1.54) is 43.8 Å². The Balaban J connectivity index is 0.934. The molecule has 0 aliphatic rings. The van der Waals surface area contributed by atoms with Crippen LogP contribution in [0.3, 0.4) is 0 Å². The first-order valence-electron chi connectivity index (χ1n) is 18.9. The molecular weight excluding hydrogens is 679 g/mol. The molecule has 1 heterocycles. The van der Waals surface area contributed by atoms with Crippen molar-refractivity contribution < 1.29 is 0 Å². The summed E-state index contributed by atoms with van der Waals surface area (Å²) < 4.78 is 0. The highest BCUT2D eigenvalue weighted by atomic mass is 15.0. The summed E-state index contributed by atoms with van der Waals surface area (Å²) in [6.45, 7) is 0. The Morgan fingerprint density at radius 3 is 0.875 bits per heavy atom. The van der Waals surface area contributed by atoms with Gasteiger partial charge in [0.15, 0.2) is 17.5 Å². The van der Waals surface area contributed by atoms with E-state index in [0.717, 1.165) is 38.9 Å². The van der Waals surface area contributed by atoms with Crippen LogP contribution in [0.15, 0.2) is 212 Å². The fourth-order valence-electron chi connectivity index (χ4n) is 7.61. The van der Waals surface area contributed by atoms with Crippen molar-refractivity contribution in [1.82, 2.24) is 15.0 Å². The largest absolute Gasteiger partial charge is 0.208 e. The lowest BCUT2D eigenvalue weighted by Gasteiger charge is -2.11. The van der Waals surface area contributed by atoms with Crippen molar-refractivity contribution in [2.24, 2.45) is 0 Å². The molecule has 9 aromatic carbocycles. The number of aromatic nitrogens is 3. The molecule has 0 amide bonds. The van der Waals surface area contributed by atoms with Gasteiger partial charge in [-0.2, -0.15) is 0 Å². The third-order valence-electron chi connectivity index (χ3n) is 10.6. The molecular formula is C53H35N3. The number of fused-ring (bicyclic) bond motifs is 2. The van der Waals surface area contributed by atoms with Crippen molar-refractivity contribution >= 4 is 21.5 Å². The number of hydrogen-bond donors (Lipinski definition) is 0. The molecule has 3 heteroatoms. The van der Waals surface area contributed by atoms with Crippen LogP contribution in [0.4, 0.5) is 0 Å². The van der Waals surface area contributed by atoms with Crippen LogP contribution in [0, 0.1) is 0 Å². The first-order chi connectivity index (χ1) is 27.7. The standard InChI is InChI=1S/C53H35N3/c1-2-12-44(13-3-1)51-54-52(45-32-24-38(25-33-45)36-20-28-42(29-21-36)49-18-8-14-40-10-4-6-16-47(40)49)56-53(55-51)46-34-26-39(27-35-46)37-22-30-43(31-23-37)50-19-9-15-41-11-5-7-17-48(41)50/h1-35H. The van der Waals surface area contributed by atoms with Crippen molar-refractivity contribution in [3.8, 4) is 78.7 Å². The molecule has 0 N–H and O–H groups in total. The molecule has 3 nitrogen and oxygen atoms in total. The van der Waals surface area contributed by atoms with Crippen LogP contribution < -0.4 is 0 Å². The van der Waals surface area contributed by atoms with Crippen LogP contribution in [0.2, 0.25) is 0 Å². The van der Waals surface area contributed by atoms with Crippen molar-refractivity contribution in [3.63, 3.8) is 0 Å². The van der Waals surface area contributed by atoms with Gasteiger partial charge in [-0.15, -0.1) is 0 Å². The first-order valence-corrected chi connectivity index (χ1v) is 18.9. The summed E-state index contributed by atoms with van der Waals surface area (Å²) in [7, 11) is 0. The summed E-state index contributed by atoms with van der Waals surface area (Å²) in [6.07, 6.45) is 0. The highest BCUT2D eigenvalue weighted by Gasteiger charge is 2.14. The molecule has 0 saturated carbocycles. The highest BCUT2D eigenvalue weighted by molar-refractivity contribution is 5.98. The van der Waals surface area contributed by atoms with E-state index in [-0.39, 0.29) is 0 Å². The fraction of sp³-hybridized carbons (Fsp3) is 0. The van der Waals surface area contributed by atoms with Crippen LogP contribution in [-0.2, 0) is 0 Å². The molecule has 0 fully saturated rings. The summed E-state index contributed by atoms with van der Waals surface area (Å²) in [5, 5.41) is 5.02. The fourth-order valence-corrected chi connectivity index (χ4v) is 7.61. The van der Waals surface area contributed by atoms with E-state index < -0.39 is 0 Å². The van der Waals surface area contributed by atoms with Gasteiger partial charge in [-0.25, -0.2) is 15.0 Å². The minimum atomic E-state index is 0.639. The van der Waals surface area contributed by atoms with Gasteiger partial charge in [0, 0.05) is 16.7 Å². The zero-order valence-corrected chi connectivity index (χ0v) is 30.5. The smallest absolute Gasteiger partial charge is 0.164 e. The highest BCUT2D eigenvalue weighted by Crippen LogP contribution is 2.34. The average molecular weight is 714 g/mol. The molecule has 0 saturated heterocycles. The molecule has 262 valence electrons. The molecule has 0 aliphatic carbocycles. The molecule has 10 rings (SSSR count). The minimum Gasteiger partial charge on any atom is -0.208 e. The maximum Gasteiger partial charge on any atom is 0.164 e. The summed E-state index contributed by atoms with van der Waals surface area (Å²) in [5.41, 5.74) is 12.3. The van der Waals surface area contributed by atoms with E-state index in [0.29, 0.717) is 17.5 Å². The monoisotopic (exact) mass is 713 g/mol. The van der Waals surface area contributed by atoms with E-state index >= 15 is 0 Å². The number of rotatable bonds is 7. The molecule has 56 heavy (non-hydrogen) atoms. The Hall–Kier alpha value is -7.49. The lowest BCUT2D eigenvalue weighted by Crippen LogP contribution is -2.00. The maximum absolute atomic E-state index is 5.02. The van der Waals surface area contributed by atoms with Crippen molar-refractivity contribution in [1.29, 1.82) is 0 Å². The second-order valence-corrected chi connectivity index (χ2v) is 14.0. The maximum atomic E-state index is 5.02. The first kappa shape index (κ1) is 33.1. The summed E-state index contributed by atoms with van der Waals surface area (Å²) in [4.78, 5) is 15.0. The molecule has 0 unspecified atom stereocenters. The second-order valence-electron chi connectivity index (χ2n) is 14.0. The summed E-state index contributed by atoms with van der Waals surface area (Å²) in [5.74, 6) is 1.92. The zero-order valence-electron chi connectivity index (χ0n) is 30.5. The van der Waals surface area contributed by atoms with Gasteiger partial charge in [0.2, 0.25) is 0 Å².